The van der Waals surface area contributed by atoms with E-state index in [-0.39, 0.29) is 22.7 Å². The van der Waals surface area contributed by atoms with Crippen LogP contribution in [0.2, 0.25) is 0 Å². The molecule has 0 bridgehead atoms. The Morgan fingerprint density at radius 1 is 1.29 bits per heavy atom. The van der Waals surface area contributed by atoms with Gasteiger partial charge in [-0.05, 0) is 12.1 Å². The minimum absolute atomic E-state index is 0.116. The highest BCUT2D eigenvalue weighted by atomic mass is 16.3. The van der Waals surface area contributed by atoms with E-state index >= 15 is 0 Å². The number of aromatic amines is 1. The molecule has 0 saturated carbocycles. The summed E-state index contributed by atoms with van der Waals surface area (Å²) in [5.74, 6) is 0.255. The SMILES string of the molecule is CC(C)(C)c1nnc(N/N=C/c2ccccc2O)[nH]c1=O. The lowest BCUT2D eigenvalue weighted by Gasteiger charge is -2.15. The number of phenolic OH excluding ortho intramolecular Hbond substituents is 1. The number of aromatic hydroxyl groups is 1. The van der Waals surface area contributed by atoms with Gasteiger partial charge in [0, 0.05) is 11.0 Å². The van der Waals surface area contributed by atoms with E-state index in [4.69, 9.17) is 0 Å². The molecule has 0 unspecified atom stereocenters. The standard InChI is InChI=1S/C14H17N5O2/c1-14(2,3)11-12(21)16-13(19-17-11)18-15-8-9-6-4-5-7-10(9)20/h4-8,20H,1-3H3,(H2,16,18,19,21)/b15-8+. The number of aromatic nitrogens is 3. The maximum absolute atomic E-state index is 11.9. The Labute approximate surface area is 121 Å². The van der Waals surface area contributed by atoms with E-state index in [2.05, 4.69) is 25.7 Å². The number of nitrogens with one attached hydrogen (secondary N) is 2. The van der Waals surface area contributed by atoms with Crippen molar-refractivity contribution >= 4 is 12.2 Å². The van der Waals surface area contributed by atoms with Gasteiger partial charge in [-0.15, -0.1) is 10.2 Å². The Hall–Kier alpha value is -2.70. The van der Waals surface area contributed by atoms with Crippen LogP contribution in [0.1, 0.15) is 32.0 Å². The number of rotatable bonds is 3. The number of H-pyrrole nitrogens is 1. The van der Waals surface area contributed by atoms with Crippen molar-refractivity contribution in [1.29, 1.82) is 0 Å². The number of hydrogen-bond donors (Lipinski definition) is 3. The van der Waals surface area contributed by atoms with Crippen molar-refractivity contribution in [2.24, 2.45) is 5.10 Å². The summed E-state index contributed by atoms with van der Waals surface area (Å²) < 4.78 is 0. The first kappa shape index (κ1) is 14.7. The molecule has 0 aliphatic carbocycles. The number of benzene rings is 1. The van der Waals surface area contributed by atoms with Crippen LogP contribution < -0.4 is 11.0 Å². The molecule has 1 heterocycles. The van der Waals surface area contributed by atoms with Crippen LogP contribution >= 0.6 is 0 Å². The van der Waals surface area contributed by atoms with Crippen LogP contribution in [0.15, 0.2) is 34.2 Å². The molecule has 1 aromatic carbocycles. The first-order valence-corrected chi connectivity index (χ1v) is 6.42. The average molecular weight is 287 g/mol. The zero-order valence-electron chi connectivity index (χ0n) is 12.1. The highest BCUT2D eigenvalue weighted by Gasteiger charge is 2.20. The third kappa shape index (κ3) is 3.65. The highest BCUT2D eigenvalue weighted by molar-refractivity contribution is 5.83. The Bertz CT molecular complexity index is 716. The molecule has 21 heavy (non-hydrogen) atoms. The minimum Gasteiger partial charge on any atom is -0.507 e. The van der Waals surface area contributed by atoms with E-state index in [9.17, 15) is 9.90 Å². The molecule has 2 aromatic rings. The highest BCUT2D eigenvalue weighted by Crippen LogP contribution is 2.15. The lowest BCUT2D eigenvalue weighted by atomic mass is 9.93. The number of anilines is 1. The van der Waals surface area contributed by atoms with Crippen LogP contribution in [0.5, 0.6) is 5.75 Å². The molecule has 0 radical (unpaired) electrons. The normalized spacial score (nSPS) is 11.8. The van der Waals surface area contributed by atoms with Gasteiger partial charge >= 0.3 is 0 Å². The van der Waals surface area contributed by atoms with E-state index in [0.29, 0.717) is 11.3 Å². The Morgan fingerprint density at radius 2 is 2.00 bits per heavy atom. The summed E-state index contributed by atoms with van der Waals surface area (Å²) in [6, 6.07) is 6.76. The zero-order valence-corrected chi connectivity index (χ0v) is 12.1. The molecule has 3 N–H and O–H groups in total. The second-order valence-corrected chi connectivity index (χ2v) is 5.53. The summed E-state index contributed by atoms with van der Waals surface area (Å²) in [5, 5.41) is 21.3. The van der Waals surface area contributed by atoms with Gasteiger partial charge in [0.25, 0.3) is 5.56 Å². The summed E-state index contributed by atoms with van der Waals surface area (Å²) in [4.78, 5) is 14.5. The molecule has 0 saturated heterocycles. The van der Waals surface area contributed by atoms with Gasteiger partial charge in [-0.2, -0.15) is 5.10 Å². The van der Waals surface area contributed by atoms with Gasteiger partial charge < -0.3 is 5.11 Å². The average Bonchev–Trinajstić information content (AvgIpc) is 2.39. The molecule has 0 aliphatic rings. The lowest BCUT2D eigenvalue weighted by molar-refractivity contribution is 0.474. The van der Waals surface area contributed by atoms with Gasteiger partial charge in [-0.25, -0.2) is 5.43 Å². The molecule has 0 fully saturated rings. The van der Waals surface area contributed by atoms with Crippen LogP contribution in [0.3, 0.4) is 0 Å². The van der Waals surface area contributed by atoms with Crippen LogP contribution in [0.4, 0.5) is 5.95 Å². The predicted molar refractivity (Wildman–Crippen MR) is 80.7 cm³/mol. The van der Waals surface area contributed by atoms with Crippen molar-refractivity contribution in [3.05, 3.63) is 45.9 Å². The summed E-state index contributed by atoms with van der Waals surface area (Å²) in [6.07, 6.45) is 1.42. The fourth-order valence-electron chi connectivity index (χ4n) is 1.64. The van der Waals surface area contributed by atoms with E-state index in [1.54, 1.807) is 24.3 Å². The largest absolute Gasteiger partial charge is 0.507 e. The van der Waals surface area contributed by atoms with Gasteiger partial charge in [0.2, 0.25) is 5.95 Å². The molecule has 0 amide bonds. The number of hydrazone groups is 1. The molecule has 1 aromatic heterocycles. The minimum atomic E-state index is -0.377. The monoisotopic (exact) mass is 287 g/mol. The summed E-state index contributed by atoms with van der Waals surface area (Å²) >= 11 is 0. The van der Waals surface area contributed by atoms with Crippen molar-refractivity contribution < 1.29 is 5.11 Å². The van der Waals surface area contributed by atoms with Crippen LogP contribution in [0.25, 0.3) is 0 Å². The molecular formula is C14H17N5O2. The van der Waals surface area contributed by atoms with Gasteiger partial charge in [-0.1, -0.05) is 32.9 Å². The Balaban J connectivity index is 2.13. The number of hydrogen-bond acceptors (Lipinski definition) is 6. The fraction of sp³-hybridized carbons (Fsp3) is 0.286. The van der Waals surface area contributed by atoms with Crippen LogP contribution in [-0.2, 0) is 5.41 Å². The van der Waals surface area contributed by atoms with E-state index in [0.717, 1.165) is 0 Å². The molecule has 7 nitrogen and oxygen atoms in total. The quantitative estimate of drug-likeness (QED) is 0.588. The Kier molecular flexibility index (Phi) is 4.02. The fourth-order valence-corrected chi connectivity index (χ4v) is 1.64. The molecule has 0 aliphatic heterocycles. The van der Waals surface area contributed by atoms with Crippen molar-refractivity contribution in [1.82, 2.24) is 15.2 Å². The third-order valence-corrected chi connectivity index (χ3v) is 2.72. The first-order chi connectivity index (χ1) is 9.88. The smallest absolute Gasteiger partial charge is 0.274 e. The second-order valence-electron chi connectivity index (χ2n) is 5.53. The second kappa shape index (κ2) is 5.74. The maximum atomic E-state index is 11.9. The van der Waals surface area contributed by atoms with E-state index < -0.39 is 0 Å². The third-order valence-electron chi connectivity index (χ3n) is 2.72. The maximum Gasteiger partial charge on any atom is 0.274 e. The summed E-state index contributed by atoms with van der Waals surface area (Å²) in [6.45, 7) is 5.65. The van der Waals surface area contributed by atoms with Crippen LogP contribution in [-0.4, -0.2) is 26.5 Å². The Morgan fingerprint density at radius 3 is 2.62 bits per heavy atom. The van der Waals surface area contributed by atoms with E-state index in [1.807, 2.05) is 20.8 Å². The van der Waals surface area contributed by atoms with Gasteiger partial charge in [0.1, 0.15) is 11.4 Å². The molecule has 110 valence electrons. The van der Waals surface area contributed by atoms with Gasteiger partial charge in [0.15, 0.2) is 0 Å². The lowest BCUT2D eigenvalue weighted by Crippen LogP contribution is -2.28. The molecule has 7 heteroatoms. The summed E-state index contributed by atoms with van der Waals surface area (Å²) in [5.41, 5.74) is 2.79. The molecule has 0 spiro atoms. The first-order valence-electron chi connectivity index (χ1n) is 6.42. The number of para-hydroxylation sites is 1. The number of nitrogens with zero attached hydrogens (tertiary/aromatic N) is 3. The zero-order chi connectivity index (χ0) is 15.5. The van der Waals surface area contributed by atoms with Gasteiger partial charge in [0.05, 0.1) is 6.21 Å². The topological polar surface area (TPSA) is 103 Å². The van der Waals surface area contributed by atoms with Gasteiger partial charge in [-0.3, -0.25) is 9.78 Å². The van der Waals surface area contributed by atoms with Crippen molar-refractivity contribution in [3.8, 4) is 5.75 Å². The van der Waals surface area contributed by atoms with Crippen LogP contribution in [0, 0.1) is 0 Å². The van der Waals surface area contributed by atoms with Crippen molar-refractivity contribution in [2.75, 3.05) is 5.43 Å². The molecule has 0 atom stereocenters. The molecular weight excluding hydrogens is 270 g/mol. The van der Waals surface area contributed by atoms with Crippen molar-refractivity contribution in [2.45, 2.75) is 26.2 Å². The predicted octanol–water partition coefficient (Wildman–Crippen LogP) is 1.61. The summed E-state index contributed by atoms with van der Waals surface area (Å²) in [7, 11) is 0. The number of phenols is 1. The van der Waals surface area contributed by atoms with E-state index in [1.165, 1.54) is 6.21 Å². The van der Waals surface area contributed by atoms with Crippen molar-refractivity contribution in [3.63, 3.8) is 0 Å². The molecule has 2 rings (SSSR count).